The third-order valence-electron chi connectivity index (χ3n) is 2.31. The molecule has 0 aliphatic heterocycles. The fourth-order valence-electron chi connectivity index (χ4n) is 1.43. The molecule has 0 saturated carbocycles. The van der Waals surface area contributed by atoms with Gasteiger partial charge in [0.05, 0.1) is 0 Å². The number of benzene rings is 2. The van der Waals surface area contributed by atoms with Crippen molar-refractivity contribution in [2.45, 2.75) is 0 Å². The maximum atomic E-state index is 13.0. The molecule has 2 aromatic carbocycles. The first-order chi connectivity index (χ1) is 9.06. The van der Waals surface area contributed by atoms with Gasteiger partial charge < -0.3 is 0 Å². The molecule has 96 valence electrons. The topological polar surface area (TPSA) is 34.1 Å². The average molecular weight is 325 g/mol. The summed E-state index contributed by atoms with van der Waals surface area (Å²) in [5.41, 5.74) is 0.314. The summed E-state index contributed by atoms with van der Waals surface area (Å²) in [5.74, 6) is -1.06. The monoisotopic (exact) mass is 326 g/mol. The first kappa shape index (κ1) is 13.6. The van der Waals surface area contributed by atoms with Crippen LogP contribution in [0.4, 0.5) is 8.78 Å². The molecule has 2 nitrogen and oxygen atoms in total. The summed E-state index contributed by atoms with van der Waals surface area (Å²) in [7, 11) is 0. The molecule has 0 bridgehead atoms. The molecule has 0 amide bonds. The van der Waals surface area contributed by atoms with Crippen LogP contribution in [0.2, 0.25) is 0 Å². The number of halogens is 2. The number of carbonyl (C=O) groups is 2. The fraction of sp³-hybridized carbons (Fsp3) is 0. The summed E-state index contributed by atoms with van der Waals surface area (Å²) in [6.07, 6.45) is 0. The molecule has 2 rings (SSSR count). The van der Waals surface area contributed by atoms with Crippen LogP contribution in [0.3, 0.4) is 0 Å². The van der Waals surface area contributed by atoms with Crippen molar-refractivity contribution < 1.29 is 18.4 Å². The quantitative estimate of drug-likeness (QED) is 0.810. The van der Waals surface area contributed by atoms with Gasteiger partial charge in [0.25, 0.3) is 0 Å². The van der Waals surface area contributed by atoms with Crippen molar-refractivity contribution in [1.82, 2.24) is 0 Å². The summed E-state index contributed by atoms with van der Waals surface area (Å²) < 4.78 is 25.1. The number of rotatable bonds is 4. The van der Waals surface area contributed by atoms with Crippen LogP contribution in [-0.2, 0) is 0 Å². The summed E-state index contributed by atoms with van der Waals surface area (Å²) in [6, 6.07) is 10.3. The first-order valence-corrected chi connectivity index (χ1v) is 7.05. The number of hydrogen-bond donors (Lipinski definition) is 0. The molecule has 0 aliphatic rings. The van der Waals surface area contributed by atoms with E-state index in [1.54, 1.807) is 0 Å². The van der Waals surface area contributed by atoms with E-state index in [0.717, 1.165) is 12.1 Å². The van der Waals surface area contributed by atoms with Crippen LogP contribution in [-0.4, -0.2) is 24.3 Å². The van der Waals surface area contributed by atoms with Crippen LogP contribution >= 0.6 is 0 Å². The Hall–Kier alpha value is -1.84. The van der Waals surface area contributed by atoms with E-state index in [-0.39, 0.29) is 11.1 Å². The van der Waals surface area contributed by atoms with Crippen molar-refractivity contribution in [1.29, 1.82) is 0 Å². The average Bonchev–Trinajstić information content (AvgIpc) is 2.38. The molecule has 0 spiro atoms. The summed E-state index contributed by atoms with van der Waals surface area (Å²) in [6.45, 7) is 0. The standard InChI is InChI=1S/C14H8F2O2Se/c15-11-5-1-3-9(7-11)13(17)19-14(18)10-4-2-6-12(16)8-10/h1-8H. The summed E-state index contributed by atoms with van der Waals surface area (Å²) in [5, 5.41) is 0. The second kappa shape index (κ2) is 5.87. The zero-order chi connectivity index (χ0) is 13.8. The van der Waals surface area contributed by atoms with Crippen LogP contribution in [0.5, 0.6) is 0 Å². The molecule has 19 heavy (non-hydrogen) atoms. The van der Waals surface area contributed by atoms with Crippen molar-refractivity contribution in [3.8, 4) is 0 Å². The second-order valence-electron chi connectivity index (χ2n) is 3.70. The Morgan fingerprint density at radius 2 is 1.21 bits per heavy atom. The Labute approximate surface area is 114 Å². The maximum absolute atomic E-state index is 13.0. The molecule has 0 aromatic heterocycles. The van der Waals surface area contributed by atoms with Crippen LogP contribution in [0.1, 0.15) is 20.7 Å². The molecule has 0 fully saturated rings. The van der Waals surface area contributed by atoms with Crippen LogP contribution < -0.4 is 0 Å². The van der Waals surface area contributed by atoms with Crippen molar-refractivity contribution in [2.24, 2.45) is 0 Å². The van der Waals surface area contributed by atoms with Gasteiger partial charge in [-0.25, -0.2) is 0 Å². The van der Waals surface area contributed by atoms with Gasteiger partial charge in [-0.05, 0) is 0 Å². The van der Waals surface area contributed by atoms with Gasteiger partial charge in [-0.1, -0.05) is 0 Å². The molecule has 5 heteroatoms. The number of hydrogen-bond acceptors (Lipinski definition) is 2. The van der Waals surface area contributed by atoms with E-state index in [4.69, 9.17) is 0 Å². The Balaban J connectivity index is 2.13. The van der Waals surface area contributed by atoms with Gasteiger partial charge in [-0.2, -0.15) is 0 Å². The molecule has 0 unspecified atom stereocenters. The molecule has 0 saturated heterocycles. The van der Waals surface area contributed by atoms with E-state index in [1.165, 1.54) is 36.4 Å². The minimum atomic E-state index is -1.03. The summed E-state index contributed by atoms with van der Waals surface area (Å²) >= 11 is -1.03. The molecule has 0 atom stereocenters. The predicted octanol–water partition coefficient (Wildman–Crippen LogP) is 2.65. The normalized spacial score (nSPS) is 10.2. The van der Waals surface area contributed by atoms with Crippen molar-refractivity contribution in [3.05, 3.63) is 71.3 Å². The van der Waals surface area contributed by atoms with E-state index in [9.17, 15) is 18.4 Å². The molecule has 0 aliphatic carbocycles. The van der Waals surface area contributed by atoms with Gasteiger partial charge in [-0.3, -0.25) is 0 Å². The predicted molar refractivity (Wildman–Crippen MR) is 67.2 cm³/mol. The van der Waals surface area contributed by atoms with E-state index in [0.29, 0.717) is 0 Å². The van der Waals surface area contributed by atoms with Gasteiger partial charge in [0, 0.05) is 0 Å². The molecular formula is C14H8F2O2Se. The first-order valence-electron chi connectivity index (χ1n) is 5.34. The van der Waals surface area contributed by atoms with Crippen LogP contribution in [0.25, 0.3) is 0 Å². The molecule has 0 radical (unpaired) electrons. The zero-order valence-corrected chi connectivity index (χ0v) is 11.3. The van der Waals surface area contributed by atoms with E-state index >= 15 is 0 Å². The third kappa shape index (κ3) is 3.56. The van der Waals surface area contributed by atoms with Crippen LogP contribution in [0, 0.1) is 11.6 Å². The zero-order valence-electron chi connectivity index (χ0n) is 9.60. The van der Waals surface area contributed by atoms with Crippen molar-refractivity contribution in [3.63, 3.8) is 0 Å². The van der Waals surface area contributed by atoms with Crippen molar-refractivity contribution in [2.75, 3.05) is 0 Å². The molecule has 0 heterocycles. The van der Waals surface area contributed by atoms with E-state index in [2.05, 4.69) is 0 Å². The van der Waals surface area contributed by atoms with Crippen LogP contribution in [0.15, 0.2) is 48.5 Å². The Bertz CT molecular complexity index is 585. The summed E-state index contributed by atoms with van der Waals surface area (Å²) in [4.78, 5) is 23.6. The Kier molecular flexibility index (Phi) is 4.20. The van der Waals surface area contributed by atoms with E-state index in [1.807, 2.05) is 0 Å². The molecule has 2 aromatic rings. The molecular weight excluding hydrogens is 317 g/mol. The van der Waals surface area contributed by atoms with E-state index < -0.39 is 36.0 Å². The minimum absolute atomic E-state index is 0.157. The van der Waals surface area contributed by atoms with Gasteiger partial charge in [-0.15, -0.1) is 0 Å². The SMILES string of the molecule is O=C([Se]C(=O)c1cccc(F)c1)c1cccc(F)c1. The third-order valence-corrected chi connectivity index (χ3v) is 4.07. The molecule has 0 N–H and O–H groups in total. The van der Waals surface area contributed by atoms with Gasteiger partial charge in [0.15, 0.2) is 0 Å². The van der Waals surface area contributed by atoms with Gasteiger partial charge in [0.1, 0.15) is 0 Å². The van der Waals surface area contributed by atoms with Crippen molar-refractivity contribution >= 4 is 24.3 Å². The Morgan fingerprint density at radius 1 is 0.789 bits per heavy atom. The second-order valence-corrected chi connectivity index (χ2v) is 5.68. The number of carbonyl (C=O) groups excluding carboxylic acids is 2. The fourth-order valence-corrected chi connectivity index (χ4v) is 2.81. The van der Waals surface area contributed by atoms with Gasteiger partial charge in [0.2, 0.25) is 0 Å². The Morgan fingerprint density at radius 3 is 1.58 bits per heavy atom. The van der Waals surface area contributed by atoms with Gasteiger partial charge >= 0.3 is 114 Å².